The van der Waals surface area contributed by atoms with Crippen molar-refractivity contribution < 1.29 is 0 Å². The summed E-state index contributed by atoms with van der Waals surface area (Å²) in [5.41, 5.74) is 3.24. The molecule has 0 bridgehead atoms. The lowest BCUT2D eigenvalue weighted by atomic mass is 10.3. The summed E-state index contributed by atoms with van der Waals surface area (Å²) in [4.78, 5) is 12.7. The highest BCUT2D eigenvalue weighted by Crippen LogP contribution is 2.11. The van der Waals surface area contributed by atoms with E-state index in [2.05, 4.69) is 37.7 Å². The Hall–Kier alpha value is -2.43. The van der Waals surface area contributed by atoms with Crippen molar-refractivity contribution in [3.63, 3.8) is 0 Å². The molecule has 18 heavy (non-hydrogen) atoms. The lowest BCUT2D eigenvalue weighted by molar-refractivity contribution is 0.972. The summed E-state index contributed by atoms with van der Waals surface area (Å²) in [5, 5.41) is 3.18. The van der Waals surface area contributed by atoms with Crippen LogP contribution in [-0.2, 0) is 6.54 Å². The van der Waals surface area contributed by atoms with Crippen LogP contribution in [0.5, 0.6) is 0 Å². The van der Waals surface area contributed by atoms with Crippen LogP contribution in [0.15, 0.2) is 43.0 Å². The largest absolute Gasteiger partial charge is 0.349 e. The third-order valence-electron chi connectivity index (χ3n) is 2.80. The smallest absolute Gasteiger partial charge is 0.222 e. The molecule has 0 amide bonds. The topological polar surface area (TPSA) is 55.1 Å². The molecule has 1 N–H and O–H groups in total. The highest BCUT2D eigenvalue weighted by molar-refractivity contribution is 5.48. The first-order valence-electron chi connectivity index (χ1n) is 5.77. The van der Waals surface area contributed by atoms with Gasteiger partial charge >= 0.3 is 0 Å². The van der Waals surface area contributed by atoms with Crippen LogP contribution in [0.2, 0.25) is 0 Å². The molecule has 0 saturated carbocycles. The Morgan fingerprint density at radius 1 is 1.17 bits per heavy atom. The molecule has 3 rings (SSSR count). The molecule has 0 radical (unpaired) electrons. The minimum atomic E-state index is 0.625. The number of anilines is 1. The third-order valence-corrected chi connectivity index (χ3v) is 2.80. The van der Waals surface area contributed by atoms with Crippen molar-refractivity contribution in [3.05, 3.63) is 54.2 Å². The van der Waals surface area contributed by atoms with Crippen LogP contribution < -0.4 is 5.32 Å². The van der Waals surface area contributed by atoms with Crippen LogP contribution in [0.25, 0.3) is 5.65 Å². The van der Waals surface area contributed by atoms with E-state index in [-0.39, 0.29) is 0 Å². The highest BCUT2D eigenvalue weighted by Gasteiger charge is 2.04. The fourth-order valence-corrected chi connectivity index (χ4v) is 1.89. The predicted molar refractivity (Wildman–Crippen MR) is 69.3 cm³/mol. The third kappa shape index (κ3) is 1.90. The molecule has 0 spiro atoms. The van der Waals surface area contributed by atoms with Gasteiger partial charge in [-0.2, -0.15) is 0 Å². The lowest BCUT2D eigenvalue weighted by Crippen LogP contribution is -2.05. The van der Waals surface area contributed by atoms with E-state index in [0.29, 0.717) is 12.5 Å². The summed E-state index contributed by atoms with van der Waals surface area (Å²) < 4.78 is 2.07. The van der Waals surface area contributed by atoms with Crippen LogP contribution in [0, 0.1) is 6.92 Å². The standard InChI is InChI=1S/C13H13N5/c1-10-4-2-7-18-11(8-16-12(10)18)9-17-13-14-5-3-6-15-13/h2-8H,9H2,1H3,(H,14,15,17). The summed E-state index contributed by atoms with van der Waals surface area (Å²) in [6.45, 7) is 2.70. The fraction of sp³-hybridized carbons (Fsp3) is 0.154. The predicted octanol–water partition coefficient (Wildman–Crippen LogP) is 2.04. The van der Waals surface area contributed by atoms with Gasteiger partial charge in [-0.3, -0.25) is 0 Å². The number of pyridine rings is 1. The van der Waals surface area contributed by atoms with Crippen molar-refractivity contribution in [3.8, 4) is 0 Å². The second-order valence-electron chi connectivity index (χ2n) is 4.06. The van der Waals surface area contributed by atoms with Gasteiger partial charge < -0.3 is 9.72 Å². The molecule has 0 aliphatic carbocycles. The van der Waals surface area contributed by atoms with Gasteiger partial charge in [0.15, 0.2) is 0 Å². The summed E-state index contributed by atoms with van der Waals surface area (Å²) in [5.74, 6) is 0.625. The summed E-state index contributed by atoms with van der Waals surface area (Å²) in [6, 6.07) is 5.87. The van der Waals surface area contributed by atoms with Crippen molar-refractivity contribution in [2.75, 3.05) is 5.32 Å². The Balaban J connectivity index is 1.85. The number of rotatable bonds is 3. The van der Waals surface area contributed by atoms with E-state index in [0.717, 1.165) is 11.3 Å². The summed E-state index contributed by atoms with van der Waals surface area (Å²) >= 11 is 0. The molecule has 0 fully saturated rings. The Morgan fingerprint density at radius 2 is 2.00 bits per heavy atom. The molecule has 3 aromatic heterocycles. The normalized spacial score (nSPS) is 10.7. The zero-order valence-electron chi connectivity index (χ0n) is 10.0. The number of imidazole rings is 1. The molecule has 0 saturated heterocycles. The first-order chi connectivity index (χ1) is 8.84. The molecule has 0 atom stereocenters. The molecule has 5 heteroatoms. The molecule has 3 aromatic rings. The molecule has 0 aliphatic heterocycles. The van der Waals surface area contributed by atoms with E-state index in [9.17, 15) is 0 Å². The monoisotopic (exact) mass is 239 g/mol. The van der Waals surface area contributed by atoms with Gasteiger partial charge in [0, 0.05) is 18.6 Å². The Labute approximate surface area is 105 Å². The molecule has 0 aliphatic rings. The van der Waals surface area contributed by atoms with Crippen molar-refractivity contribution in [2.45, 2.75) is 13.5 Å². The second-order valence-corrected chi connectivity index (χ2v) is 4.06. The number of nitrogens with one attached hydrogen (secondary N) is 1. The molecule has 0 aromatic carbocycles. The van der Waals surface area contributed by atoms with E-state index < -0.39 is 0 Å². The van der Waals surface area contributed by atoms with Crippen LogP contribution in [-0.4, -0.2) is 19.4 Å². The zero-order valence-corrected chi connectivity index (χ0v) is 10.0. The Morgan fingerprint density at radius 3 is 2.83 bits per heavy atom. The maximum atomic E-state index is 4.41. The van der Waals surface area contributed by atoms with Crippen molar-refractivity contribution in [1.82, 2.24) is 19.4 Å². The van der Waals surface area contributed by atoms with Crippen LogP contribution >= 0.6 is 0 Å². The molecule has 0 unspecified atom stereocenters. The van der Waals surface area contributed by atoms with Crippen molar-refractivity contribution in [2.24, 2.45) is 0 Å². The second kappa shape index (κ2) is 4.44. The van der Waals surface area contributed by atoms with Crippen LogP contribution in [0.3, 0.4) is 0 Å². The number of hydrogen-bond acceptors (Lipinski definition) is 4. The van der Waals surface area contributed by atoms with Crippen LogP contribution in [0.1, 0.15) is 11.3 Å². The molecular weight excluding hydrogens is 226 g/mol. The average molecular weight is 239 g/mol. The van der Waals surface area contributed by atoms with E-state index >= 15 is 0 Å². The van der Waals surface area contributed by atoms with E-state index in [1.54, 1.807) is 18.5 Å². The maximum Gasteiger partial charge on any atom is 0.222 e. The minimum Gasteiger partial charge on any atom is -0.349 e. The molecule has 90 valence electrons. The first-order valence-corrected chi connectivity index (χ1v) is 5.77. The van der Waals surface area contributed by atoms with Gasteiger partial charge in [-0.15, -0.1) is 0 Å². The maximum absolute atomic E-state index is 4.41. The molecule has 5 nitrogen and oxygen atoms in total. The van der Waals surface area contributed by atoms with Gasteiger partial charge in [-0.05, 0) is 24.6 Å². The Bertz CT molecular complexity index is 659. The number of fused-ring (bicyclic) bond motifs is 1. The van der Waals surface area contributed by atoms with Gasteiger partial charge in [0.05, 0.1) is 18.4 Å². The quantitative estimate of drug-likeness (QED) is 0.760. The number of hydrogen-bond donors (Lipinski definition) is 1. The van der Waals surface area contributed by atoms with Gasteiger partial charge in [0.2, 0.25) is 5.95 Å². The minimum absolute atomic E-state index is 0.625. The van der Waals surface area contributed by atoms with Crippen molar-refractivity contribution in [1.29, 1.82) is 0 Å². The number of aryl methyl sites for hydroxylation is 1. The summed E-state index contributed by atoms with van der Waals surface area (Å²) in [6.07, 6.45) is 7.32. The SMILES string of the molecule is Cc1cccn2c(CNc3ncccn3)cnc12. The van der Waals surface area contributed by atoms with Crippen LogP contribution in [0.4, 0.5) is 5.95 Å². The van der Waals surface area contributed by atoms with E-state index in [1.165, 1.54) is 5.56 Å². The molecule has 3 heterocycles. The lowest BCUT2D eigenvalue weighted by Gasteiger charge is -2.04. The van der Waals surface area contributed by atoms with Gasteiger partial charge in [0.25, 0.3) is 0 Å². The van der Waals surface area contributed by atoms with E-state index in [1.807, 2.05) is 18.5 Å². The first kappa shape index (κ1) is 10.7. The zero-order chi connectivity index (χ0) is 12.4. The highest BCUT2D eigenvalue weighted by atomic mass is 15.1. The average Bonchev–Trinajstić information content (AvgIpc) is 2.82. The van der Waals surface area contributed by atoms with Crippen molar-refractivity contribution >= 4 is 11.6 Å². The summed E-state index contributed by atoms with van der Waals surface area (Å²) in [7, 11) is 0. The van der Waals surface area contributed by atoms with Gasteiger partial charge in [0.1, 0.15) is 5.65 Å². The number of aromatic nitrogens is 4. The van der Waals surface area contributed by atoms with E-state index in [4.69, 9.17) is 0 Å². The Kier molecular flexibility index (Phi) is 2.64. The fourth-order valence-electron chi connectivity index (χ4n) is 1.89. The van der Waals surface area contributed by atoms with Gasteiger partial charge in [-0.25, -0.2) is 15.0 Å². The van der Waals surface area contributed by atoms with Gasteiger partial charge in [-0.1, -0.05) is 6.07 Å². The number of nitrogens with zero attached hydrogens (tertiary/aromatic N) is 4. The molecular formula is C13H13N5.